The lowest BCUT2D eigenvalue weighted by Crippen LogP contribution is -2.26. The lowest BCUT2D eigenvalue weighted by Gasteiger charge is -2.34. The van der Waals surface area contributed by atoms with Crippen LogP contribution in [0.4, 0.5) is 0 Å². The summed E-state index contributed by atoms with van der Waals surface area (Å²) in [6.07, 6.45) is 7.91. The van der Waals surface area contributed by atoms with E-state index in [1.54, 1.807) is 0 Å². The summed E-state index contributed by atoms with van der Waals surface area (Å²) in [7, 11) is 0. The largest absolute Gasteiger partial charge is 0.326 e. The standard InChI is InChI=1S/C16H20N2O.H2/c1-10-8-17-9-13(11(10)2)16(3)5-4-14-12(7-16)6-15(19)18-14;/h4,7,9-10H,5-6,8H2,1-3H3,(H,18,19);1H. The highest BCUT2D eigenvalue weighted by Crippen LogP contribution is 2.43. The van der Waals surface area contributed by atoms with Crippen LogP contribution in [0.15, 0.2) is 39.6 Å². The highest BCUT2D eigenvalue weighted by Gasteiger charge is 2.35. The summed E-state index contributed by atoms with van der Waals surface area (Å²) in [5.74, 6) is 0.627. The molecule has 0 aromatic heterocycles. The summed E-state index contributed by atoms with van der Waals surface area (Å²) in [5.41, 5.74) is 4.90. The maximum Gasteiger partial charge on any atom is 0.228 e. The van der Waals surface area contributed by atoms with Gasteiger partial charge in [0.1, 0.15) is 0 Å². The Labute approximate surface area is 115 Å². The lowest BCUT2D eigenvalue weighted by atomic mass is 9.71. The highest BCUT2D eigenvalue weighted by atomic mass is 16.1. The third-order valence-electron chi connectivity index (χ3n) is 4.57. The molecule has 1 N–H and O–H groups in total. The molecule has 0 aromatic carbocycles. The summed E-state index contributed by atoms with van der Waals surface area (Å²) >= 11 is 0. The molecular formula is C16H22N2O. The molecule has 0 radical (unpaired) electrons. The fourth-order valence-corrected chi connectivity index (χ4v) is 3.20. The van der Waals surface area contributed by atoms with Crippen LogP contribution in [0, 0.1) is 11.3 Å². The highest BCUT2D eigenvalue weighted by molar-refractivity contribution is 5.88. The van der Waals surface area contributed by atoms with Gasteiger partial charge in [-0.3, -0.25) is 9.79 Å². The van der Waals surface area contributed by atoms with Gasteiger partial charge in [-0.25, -0.2) is 0 Å². The fourth-order valence-electron chi connectivity index (χ4n) is 3.20. The Morgan fingerprint density at radius 3 is 3.11 bits per heavy atom. The van der Waals surface area contributed by atoms with Gasteiger partial charge in [-0.1, -0.05) is 31.6 Å². The van der Waals surface area contributed by atoms with Crippen molar-refractivity contribution in [3.05, 3.63) is 34.6 Å². The number of hydrogen-bond donors (Lipinski definition) is 1. The molecule has 0 bridgehead atoms. The van der Waals surface area contributed by atoms with Gasteiger partial charge in [-0.15, -0.1) is 0 Å². The van der Waals surface area contributed by atoms with Gasteiger partial charge in [0, 0.05) is 25.3 Å². The Kier molecular flexibility index (Phi) is 2.73. The van der Waals surface area contributed by atoms with Gasteiger partial charge in [-0.05, 0) is 30.4 Å². The van der Waals surface area contributed by atoms with Gasteiger partial charge in [0.25, 0.3) is 0 Å². The fraction of sp³-hybridized carbons (Fsp3) is 0.500. The third kappa shape index (κ3) is 1.97. The summed E-state index contributed by atoms with van der Waals surface area (Å²) < 4.78 is 0. The second-order valence-corrected chi connectivity index (χ2v) is 6.13. The van der Waals surface area contributed by atoms with Gasteiger partial charge in [0.2, 0.25) is 5.91 Å². The monoisotopic (exact) mass is 258 g/mol. The summed E-state index contributed by atoms with van der Waals surface area (Å²) in [6, 6.07) is 0. The number of amides is 1. The molecular weight excluding hydrogens is 236 g/mol. The smallest absolute Gasteiger partial charge is 0.228 e. The lowest BCUT2D eigenvalue weighted by molar-refractivity contribution is -0.118. The van der Waals surface area contributed by atoms with E-state index in [1.165, 1.54) is 11.1 Å². The van der Waals surface area contributed by atoms with Crippen molar-refractivity contribution in [1.29, 1.82) is 0 Å². The third-order valence-corrected chi connectivity index (χ3v) is 4.57. The van der Waals surface area contributed by atoms with E-state index in [2.05, 4.69) is 43.2 Å². The van der Waals surface area contributed by atoms with Crippen LogP contribution in [0.25, 0.3) is 0 Å². The molecule has 0 saturated carbocycles. The number of nitrogens with zero attached hydrogens (tertiary/aromatic N) is 1. The summed E-state index contributed by atoms with van der Waals surface area (Å²) in [5, 5.41) is 2.92. The first kappa shape index (κ1) is 12.4. The number of allylic oxidation sites excluding steroid dienone is 4. The van der Waals surface area contributed by atoms with Crippen molar-refractivity contribution in [2.75, 3.05) is 6.54 Å². The van der Waals surface area contributed by atoms with E-state index in [-0.39, 0.29) is 12.7 Å². The molecule has 1 fully saturated rings. The number of rotatable bonds is 1. The first-order valence-corrected chi connectivity index (χ1v) is 6.93. The predicted molar refractivity (Wildman–Crippen MR) is 79.0 cm³/mol. The van der Waals surface area contributed by atoms with Crippen molar-refractivity contribution in [3.8, 4) is 0 Å². The number of fused-ring (bicyclic) bond motifs is 1. The van der Waals surface area contributed by atoms with Crippen LogP contribution in [-0.2, 0) is 4.79 Å². The Bertz CT molecular complexity index is 571. The number of dihydropyridines is 1. The van der Waals surface area contributed by atoms with Gasteiger partial charge in [-0.2, -0.15) is 0 Å². The zero-order chi connectivity index (χ0) is 13.6. The molecule has 2 heterocycles. The van der Waals surface area contributed by atoms with E-state index < -0.39 is 0 Å². The molecule has 3 aliphatic rings. The predicted octanol–water partition coefficient (Wildman–Crippen LogP) is 3.01. The number of aliphatic imine (C=N–C) groups is 1. The van der Waals surface area contributed by atoms with Crippen molar-refractivity contribution in [1.82, 2.24) is 5.32 Å². The Morgan fingerprint density at radius 1 is 1.53 bits per heavy atom. The molecule has 19 heavy (non-hydrogen) atoms. The molecule has 2 aliphatic heterocycles. The van der Waals surface area contributed by atoms with Crippen molar-refractivity contribution in [2.24, 2.45) is 16.3 Å². The van der Waals surface area contributed by atoms with E-state index in [9.17, 15) is 4.79 Å². The molecule has 1 saturated heterocycles. The van der Waals surface area contributed by atoms with Gasteiger partial charge < -0.3 is 5.32 Å². The van der Waals surface area contributed by atoms with E-state index in [1.807, 2.05) is 6.21 Å². The Morgan fingerprint density at radius 2 is 2.32 bits per heavy atom. The molecule has 1 aliphatic carbocycles. The van der Waals surface area contributed by atoms with Crippen LogP contribution in [0.1, 0.15) is 35.0 Å². The van der Waals surface area contributed by atoms with E-state index in [0.29, 0.717) is 12.3 Å². The second kappa shape index (κ2) is 4.19. The molecule has 0 spiro atoms. The van der Waals surface area contributed by atoms with Crippen LogP contribution in [0.3, 0.4) is 0 Å². The topological polar surface area (TPSA) is 41.5 Å². The number of nitrogens with one attached hydrogen (secondary N) is 1. The minimum Gasteiger partial charge on any atom is -0.326 e. The second-order valence-electron chi connectivity index (χ2n) is 6.13. The SMILES string of the molecule is CC1=C(C2(C)C=C3CC(=O)NC3=CC2)C=NCC1C.[HH]. The van der Waals surface area contributed by atoms with Crippen LogP contribution < -0.4 is 5.32 Å². The average molecular weight is 258 g/mol. The molecule has 2 atom stereocenters. The maximum absolute atomic E-state index is 11.5. The number of carbonyl (C=O) groups excluding carboxylic acids is 1. The molecule has 3 rings (SSSR count). The van der Waals surface area contributed by atoms with Crippen molar-refractivity contribution >= 4 is 12.1 Å². The maximum atomic E-state index is 11.5. The molecule has 2 unspecified atom stereocenters. The average Bonchev–Trinajstić information content (AvgIpc) is 2.71. The first-order chi connectivity index (χ1) is 8.99. The van der Waals surface area contributed by atoms with Crippen LogP contribution in [0.5, 0.6) is 0 Å². The van der Waals surface area contributed by atoms with E-state index >= 15 is 0 Å². The molecule has 0 aromatic rings. The summed E-state index contributed by atoms with van der Waals surface area (Å²) in [4.78, 5) is 16.0. The van der Waals surface area contributed by atoms with E-state index in [0.717, 1.165) is 24.2 Å². The Balaban J connectivity index is 0.00000147. The van der Waals surface area contributed by atoms with Gasteiger partial charge in [0.05, 0.1) is 6.42 Å². The van der Waals surface area contributed by atoms with Gasteiger partial charge >= 0.3 is 0 Å². The number of carbonyl (C=O) groups is 1. The summed E-state index contributed by atoms with van der Waals surface area (Å²) in [6.45, 7) is 7.58. The van der Waals surface area contributed by atoms with Gasteiger partial charge in [0.15, 0.2) is 0 Å². The van der Waals surface area contributed by atoms with Crippen molar-refractivity contribution in [3.63, 3.8) is 0 Å². The Hall–Kier alpha value is -1.64. The van der Waals surface area contributed by atoms with E-state index in [4.69, 9.17) is 0 Å². The van der Waals surface area contributed by atoms with Crippen LogP contribution in [-0.4, -0.2) is 18.7 Å². The zero-order valence-corrected chi connectivity index (χ0v) is 11.8. The normalized spacial score (nSPS) is 33.8. The molecule has 1 amide bonds. The minimum atomic E-state index is -0.0204. The zero-order valence-electron chi connectivity index (χ0n) is 11.8. The minimum absolute atomic E-state index is 0. The van der Waals surface area contributed by atoms with Crippen molar-refractivity contribution < 1.29 is 6.22 Å². The van der Waals surface area contributed by atoms with Crippen LogP contribution >= 0.6 is 0 Å². The first-order valence-electron chi connectivity index (χ1n) is 6.93. The van der Waals surface area contributed by atoms with Crippen LogP contribution in [0.2, 0.25) is 0 Å². The van der Waals surface area contributed by atoms with Crippen molar-refractivity contribution in [2.45, 2.75) is 33.6 Å². The molecule has 3 nitrogen and oxygen atoms in total. The number of hydrogen-bond acceptors (Lipinski definition) is 2. The quantitative estimate of drug-likeness (QED) is 0.771. The molecule has 3 heteroatoms. The molecule has 102 valence electrons.